The summed E-state index contributed by atoms with van der Waals surface area (Å²) in [6.45, 7) is 6.68. The highest BCUT2D eigenvalue weighted by Gasteiger charge is 1.97. The summed E-state index contributed by atoms with van der Waals surface area (Å²) in [6, 6.07) is 0. The van der Waals surface area contributed by atoms with Gasteiger partial charge in [-0.2, -0.15) is 0 Å². The first-order valence-corrected chi connectivity index (χ1v) is 12.4. The van der Waals surface area contributed by atoms with E-state index in [1.54, 1.807) is 0 Å². The lowest BCUT2D eigenvalue weighted by Gasteiger charge is -2.07. The molecule has 0 aromatic heterocycles. The molecule has 0 radical (unpaired) electrons. The normalized spacial score (nSPS) is 11.3. The Bertz CT molecular complexity index is 353. The highest BCUT2D eigenvalue weighted by atomic mass is 16.6. The van der Waals surface area contributed by atoms with Crippen LogP contribution in [0.5, 0.6) is 0 Å². The second kappa shape index (κ2) is 27.3. The summed E-state index contributed by atoms with van der Waals surface area (Å²) in [5, 5.41) is 8.40. The lowest BCUT2D eigenvalue weighted by Crippen LogP contribution is -2.14. The molecule has 0 fully saturated rings. The van der Waals surface area contributed by atoms with Crippen LogP contribution in [-0.4, -0.2) is 77.1 Å². The molecule has 0 aliphatic carbocycles. The number of rotatable bonds is 27. The van der Waals surface area contributed by atoms with E-state index >= 15 is 0 Å². The zero-order chi connectivity index (χ0) is 22.7. The van der Waals surface area contributed by atoms with Crippen molar-refractivity contribution < 1.29 is 33.6 Å². The Morgan fingerprint density at radius 2 is 0.806 bits per heavy atom. The van der Waals surface area contributed by atoms with Crippen LogP contribution in [0, 0.1) is 0 Å². The van der Waals surface area contributed by atoms with E-state index in [9.17, 15) is 4.79 Å². The molecule has 0 saturated heterocycles. The van der Waals surface area contributed by atoms with Gasteiger partial charge >= 0.3 is 5.97 Å². The molecule has 1 N–H and O–H groups in total. The molecule has 0 aliphatic rings. The van der Waals surface area contributed by atoms with Crippen molar-refractivity contribution in [3.63, 3.8) is 0 Å². The number of ether oxygens (including phenoxy) is 5. The van der Waals surface area contributed by atoms with Crippen molar-refractivity contribution in [3.05, 3.63) is 0 Å². The van der Waals surface area contributed by atoms with Crippen LogP contribution in [-0.2, 0) is 28.5 Å². The number of aliphatic carboxylic acids is 1. The smallest absolute Gasteiger partial charge is 0.329 e. The van der Waals surface area contributed by atoms with Crippen molar-refractivity contribution in [2.75, 3.05) is 66.1 Å². The van der Waals surface area contributed by atoms with Gasteiger partial charge < -0.3 is 28.8 Å². The highest BCUT2D eigenvalue weighted by Crippen LogP contribution is 2.11. The van der Waals surface area contributed by atoms with Gasteiger partial charge in [-0.25, -0.2) is 4.79 Å². The molecular formula is C24H48O7. The van der Waals surface area contributed by atoms with Crippen LogP contribution in [0.4, 0.5) is 0 Å². The fourth-order valence-electron chi connectivity index (χ4n) is 3.08. The molecule has 0 amide bonds. The molecule has 0 unspecified atom stereocenters. The van der Waals surface area contributed by atoms with E-state index in [2.05, 4.69) is 6.92 Å². The van der Waals surface area contributed by atoms with Gasteiger partial charge in [0.15, 0.2) is 0 Å². The monoisotopic (exact) mass is 448 g/mol. The molecular weight excluding hydrogens is 400 g/mol. The van der Waals surface area contributed by atoms with Crippen molar-refractivity contribution in [2.45, 2.75) is 84.0 Å². The van der Waals surface area contributed by atoms with Crippen molar-refractivity contribution in [1.82, 2.24) is 0 Å². The molecule has 0 aromatic rings. The maximum Gasteiger partial charge on any atom is 0.329 e. The van der Waals surface area contributed by atoms with E-state index in [0.29, 0.717) is 46.2 Å². The standard InChI is InChI=1S/C24H48O7/c1-2-3-4-5-6-7-8-9-10-11-12-13-14-27-15-16-28-17-18-29-19-20-30-21-22-31-23-24(25)26/h2-23H2,1H3,(H,25,26). The lowest BCUT2D eigenvalue weighted by atomic mass is 10.1. The zero-order valence-corrected chi connectivity index (χ0v) is 20.0. The maximum absolute atomic E-state index is 10.2. The Hall–Kier alpha value is -0.730. The van der Waals surface area contributed by atoms with Crippen LogP contribution >= 0.6 is 0 Å². The van der Waals surface area contributed by atoms with Crippen molar-refractivity contribution in [2.24, 2.45) is 0 Å². The first-order chi connectivity index (χ1) is 15.3. The largest absolute Gasteiger partial charge is 0.480 e. The Morgan fingerprint density at radius 1 is 0.484 bits per heavy atom. The van der Waals surface area contributed by atoms with Gasteiger partial charge in [0.25, 0.3) is 0 Å². The van der Waals surface area contributed by atoms with Gasteiger partial charge in [-0.1, -0.05) is 77.6 Å². The van der Waals surface area contributed by atoms with E-state index in [4.69, 9.17) is 28.8 Å². The first-order valence-electron chi connectivity index (χ1n) is 12.4. The first kappa shape index (κ1) is 30.3. The Kier molecular flexibility index (Phi) is 26.7. The molecule has 7 nitrogen and oxygen atoms in total. The molecule has 7 heteroatoms. The second-order valence-electron chi connectivity index (χ2n) is 7.78. The Labute approximate surface area is 190 Å². The summed E-state index contributed by atoms with van der Waals surface area (Å²) in [5.74, 6) is -0.974. The predicted molar refractivity (Wildman–Crippen MR) is 123 cm³/mol. The van der Waals surface area contributed by atoms with E-state index in [1.807, 2.05) is 0 Å². The van der Waals surface area contributed by atoms with Crippen LogP contribution in [0.2, 0.25) is 0 Å². The van der Waals surface area contributed by atoms with Crippen LogP contribution in [0.3, 0.4) is 0 Å². The summed E-state index contributed by atoms with van der Waals surface area (Å²) < 4.78 is 26.5. The minimum atomic E-state index is -0.974. The minimum Gasteiger partial charge on any atom is -0.480 e. The molecule has 0 heterocycles. The summed E-state index contributed by atoms with van der Waals surface area (Å²) >= 11 is 0. The third-order valence-corrected chi connectivity index (χ3v) is 4.86. The van der Waals surface area contributed by atoms with Crippen molar-refractivity contribution >= 4 is 5.97 Å². The predicted octanol–water partition coefficient (Wildman–Crippen LogP) is 4.86. The van der Waals surface area contributed by atoms with Crippen LogP contribution < -0.4 is 0 Å². The van der Waals surface area contributed by atoms with Gasteiger partial charge in [0, 0.05) is 6.61 Å². The highest BCUT2D eigenvalue weighted by molar-refractivity contribution is 5.67. The van der Waals surface area contributed by atoms with Crippen LogP contribution in [0.15, 0.2) is 0 Å². The van der Waals surface area contributed by atoms with Gasteiger partial charge in [0.05, 0.1) is 52.9 Å². The molecule has 186 valence electrons. The van der Waals surface area contributed by atoms with Gasteiger partial charge in [-0.3, -0.25) is 0 Å². The number of hydrogen-bond donors (Lipinski definition) is 1. The van der Waals surface area contributed by atoms with E-state index in [-0.39, 0.29) is 13.2 Å². The van der Waals surface area contributed by atoms with Gasteiger partial charge in [-0.15, -0.1) is 0 Å². The third-order valence-electron chi connectivity index (χ3n) is 4.86. The molecule has 0 bridgehead atoms. The molecule has 0 aliphatic heterocycles. The number of unbranched alkanes of at least 4 members (excludes halogenated alkanes) is 11. The molecule has 0 atom stereocenters. The quantitative estimate of drug-likeness (QED) is 0.180. The number of carboxylic acids is 1. The zero-order valence-electron chi connectivity index (χ0n) is 20.0. The van der Waals surface area contributed by atoms with E-state index < -0.39 is 5.97 Å². The van der Waals surface area contributed by atoms with Gasteiger partial charge in [-0.05, 0) is 6.42 Å². The second-order valence-corrected chi connectivity index (χ2v) is 7.78. The minimum absolute atomic E-state index is 0.272. The molecule has 0 aromatic carbocycles. The summed E-state index contributed by atoms with van der Waals surface area (Å²) in [7, 11) is 0. The average molecular weight is 449 g/mol. The molecule has 0 spiro atoms. The Morgan fingerprint density at radius 3 is 1.19 bits per heavy atom. The third kappa shape index (κ3) is 29.3. The fourth-order valence-corrected chi connectivity index (χ4v) is 3.08. The average Bonchev–Trinajstić information content (AvgIpc) is 2.76. The molecule has 0 rings (SSSR count). The van der Waals surface area contributed by atoms with Gasteiger partial charge in [0.1, 0.15) is 6.61 Å². The van der Waals surface area contributed by atoms with Gasteiger partial charge in [0.2, 0.25) is 0 Å². The van der Waals surface area contributed by atoms with Crippen molar-refractivity contribution in [1.29, 1.82) is 0 Å². The molecule has 0 saturated carbocycles. The van der Waals surface area contributed by atoms with Crippen molar-refractivity contribution in [3.8, 4) is 0 Å². The fraction of sp³-hybridized carbons (Fsp3) is 0.958. The number of carboxylic acid groups (broad SMARTS) is 1. The lowest BCUT2D eigenvalue weighted by molar-refractivity contribution is -0.142. The van der Waals surface area contributed by atoms with Crippen LogP contribution in [0.25, 0.3) is 0 Å². The molecule has 31 heavy (non-hydrogen) atoms. The Balaban J connectivity index is 3.00. The van der Waals surface area contributed by atoms with Crippen LogP contribution in [0.1, 0.15) is 84.0 Å². The summed E-state index contributed by atoms with van der Waals surface area (Å²) in [6.07, 6.45) is 16.3. The van der Waals surface area contributed by atoms with E-state index in [1.165, 1.54) is 70.6 Å². The number of hydrogen-bond acceptors (Lipinski definition) is 6. The SMILES string of the molecule is CCCCCCCCCCCCCCOCCOCCOCCOCCOCC(=O)O. The topological polar surface area (TPSA) is 83.5 Å². The maximum atomic E-state index is 10.2. The van der Waals surface area contributed by atoms with E-state index in [0.717, 1.165) is 13.0 Å². The summed E-state index contributed by atoms with van der Waals surface area (Å²) in [5.41, 5.74) is 0. The number of carbonyl (C=O) groups is 1. The summed E-state index contributed by atoms with van der Waals surface area (Å²) in [4.78, 5) is 10.2.